The van der Waals surface area contributed by atoms with Gasteiger partial charge in [0.1, 0.15) is 24.3 Å². The van der Waals surface area contributed by atoms with E-state index in [1.165, 1.54) is 39.2 Å². The minimum Gasteiger partial charge on any atom is -0.491 e. The summed E-state index contributed by atoms with van der Waals surface area (Å²) in [7, 11) is 5.38. The number of nitrogens with zero attached hydrogens (tertiary/aromatic N) is 4. The van der Waals surface area contributed by atoms with E-state index >= 15 is 0 Å². The van der Waals surface area contributed by atoms with Crippen LogP contribution in [-0.4, -0.2) is 85.7 Å². The highest BCUT2D eigenvalue weighted by molar-refractivity contribution is 5.67. The van der Waals surface area contributed by atoms with Crippen LogP contribution in [0.2, 0.25) is 0 Å². The lowest BCUT2D eigenvalue weighted by molar-refractivity contribution is 0.108. The first-order valence-electron chi connectivity index (χ1n) is 13.5. The summed E-state index contributed by atoms with van der Waals surface area (Å²) in [6, 6.07) is 10.4. The van der Waals surface area contributed by atoms with Crippen LogP contribution in [0.3, 0.4) is 0 Å². The molecule has 2 aromatic rings. The number of methoxy groups -OCH3 is 1. The number of likely N-dealkylation sites (N-methyl/N-ethyl adjacent to an activating group) is 1. The zero-order chi connectivity index (χ0) is 26.2. The van der Waals surface area contributed by atoms with Gasteiger partial charge in [-0.1, -0.05) is 31.4 Å². The van der Waals surface area contributed by atoms with Gasteiger partial charge < -0.3 is 29.7 Å². The number of likely N-dealkylation sites (tertiary alicyclic amines) is 1. The molecule has 2 heterocycles. The van der Waals surface area contributed by atoms with E-state index in [9.17, 15) is 9.90 Å². The number of anilines is 1. The molecule has 202 valence electrons. The molecular weight excluding hydrogens is 470 g/mol. The van der Waals surface area contributed by atoms with Gasteiger partial charge in [-0.25, -0.2) is 14.8 Å². The Hall–Kier alpha value is -2.91. The van der Waals surface area contributed by atoms with Gasteiger partial charge in [-0.15, -0.1) is 0 Å². The molecule has 1 unspecified atom stereocenters. The van der Waals surface area contributed by atoms with Crippen LogP contribution < -0.4 is 15.0 Å². The van der Waals surface area contributed by atoms with Crippen LogP contribution in [-0.2, 0) is 4.74 Å². The molecule has 1 saturated carbocycles. The largest absolute Gasteiger partial charge is 0.491 e. The second kappa shape index (κ2) is 13.1. The van der Waals surface area contributed by atoms with Crippen molar-refractivity contribution in [3.8, 4) is 17.1 Å². The smallest absolute Gasteiger partial charge is 0.409 e. The van der Waals surface area contributed by atoms with E-state index in [0.717, 1.165) is 29.9 Å². The van der Waals surface area contributed by atoms with Crippen molar-refractivity contribution in [1.82, 2.24) is 20.2 Å². The van der Waals surface area contributed by atoms with E-state index in [1.54, 1.807) is 11.9 Å². The molecule has 2 N–H and O–H groups in total. The van der Waals surface area contributed by atoms with E-state index in [4.69, 9.17) is 19.4 Å². The Labute approximate surface area is 220 Å². The van der Waals surface area contributed by atoms with Crippen LogP contribution >= 0.6 is 0 Å². The third-order valence-electron chi connectivity index (χ3n) is 7.54. The highest BCUT2D eigenvalue weighted by Gasteiger charge is 2.27. The van der Waals surface area contributed by atoms with Crippen LogP contribution in [0, 0.1) is 0 Å². The standard InChI is InChI=1S/C28H41N5O4/c1-29-18-23(34)19-37-24-11-7-8-21(16-24)27-30-25(20-12-14-33(15-13-20)28(35)36-3)17-26(31-27)32(2)22-9-5-4-6-10-22/h7-8,11,16-17,20,22-23,29,34H,4-6,9-10,12-15,18-19H2,1-3H3. The summed E-state index contributed by atoms with van der Waals surface area (Å²) in [6.07, 6.45) is 7.00. The summed E-state index contributed by atoms with van der Waals surface area (Å²) in [6.45, 7) is 1.99. The molecule has 1 aromatic heterocycles. The van der Waals surface area contributed by atoms with Gasteiger partial charge in [-0.05, 0) is 44.9 Å². The minimum atomic E-state index is -0.583. The predicted molar refractivity (Wildman–Crippen MR) is 144 cm³/mol. The van der Waals surface area contributed by atoms with Crippen molar-refractivity contribution >= 4 is 11.9 Å². The molecule has 2 aliphatic rings. The number of ether oxygens (including phenoxy) is 2. The van der Waals surface area contributed by atoms with Gasteiger partial charge in [0, 0.05) is 56.0 Å². The monoisotopic (exact) mass is 511 g/mol. The average molecular weight is 512 g/mol. The maximum atomic E-state index is 12.0. The van der Waals surface area contributed by atoms with E-state index < -0.39 is 6.10 Å². The zero-order valence-electron chi connectivity index (χ0n) is 22.4. The number of aliphatic hydroxyl groups is 1. The van der Waals surface area contributed by atoms with E-state index in [1.807, 2.05) is 24.3 Å². The molecule has 0 bridgehead atoms. The number of piperidine rings is 1. The third-order valence-corrected chi connectivity index (χ3v) is 7.54. The van der Waals surface area contributed by atoms with Gasteiger partial charge >= 0.3 is 6.09 Å². The number of aliphatic hydroxyl groups excluding tert-OH is 1. The third kappa shape index (κ3) is 7.11. The summed E-state index contributed by atoms with van der Waals surface area (Å²) < 4.78 is 10.7. The number of hydrogen-bond acceptors (Lipinski definition) is 8. The van der Waals surface area contributed by atoms with Gasteiger partial charge in [0.25, 0.3) is 0 Å². The van der Waals surface area contributed by atoms with Crippen LogP contribution in [0.25, 0.3) is 11.4 Å². The van der Waals surface area contributed by atoms with Crippen molar-refractivity contribution in [2.24, 2.45) is 0 Å². The fourth-order valence-electron chi connectivity index (χ4n) is 5.33. The van der Waals surface area contributed by atoms with Crippen molar-refractivity contribution in [1.29, 1.82) is 0 Å². The molecule has 2 fully saturated rings. The second-order valence-electron chi connectivity index (χ2n) is 10.2. The maximum absolute atomic E-state index is 12.0. The number of rotatable bonds is 9. The van der Waals surface area contributed by atoms with Gasteiger partial charge in [-0.2, -0.15) is 0 Å². The molecule has 9 heteroatoms. The number of hydrogen-bond donors (Lipinski definition) is 2. The Balaban J connectivity index is 1.60. The molecule has 1 aliphatic carbocycles. The predicted octanol–water partition coefficient (Wildman–Crippen LogP) is 3.82. The van der Waals surface area contributed by atoms with Crippen LogP contribution in [0.5, 0.6) is 5.75 Å². The fraction of sp³-hybridized carbons (Fsp3) is 0.607. The quantitative estimate of drug-likeness (QED) is 0.524. The van der Waals surface area contributed by atoms with E-state index in [-0.39, 0.29) is 18.6 Å². The second-order valence-corrected chi connectivity index (χ2v) is 10.2. The fourth-order valence-corrected chi connectivity index (χ4v) is 5.33. The average Bonchev–Trinajstić information content (AvgIpc) is 2.96. The SMILES string of the molecule is CNCC(O)COc1cccc(-c2nc(C3CCN(C(=O)OC)CC3)cc(N(C)C3CCCCC3)n2)c1. The molecule has 1 aromatic carbocycles. The van der Waals surface area contributed by atoms with Gasteiger partial charge in [0.05, 0.1) is 7.11 Å². The number of carbonyl (C=O) groups excluding carboxylic acids is 1. The molecule has 37 heavy (non-hydrogen) atoms. The Kier molecular flexibility index (Phi) is 9.57. The number of aromatic nitrogens is 2. The minimum absolute atomic E-state index is 0.208. The Morgan fingerprint density at radius 1 is 1.16 bits per heavy atom. The zero-order valence-corrected chi connectivity index (χ0v) is 22.4. The molecule has 1 aliphatic heterocycles. The Bertz CT molecular complexity index is 1020. The lowest BCUT2D eigenvalue weighted by Gasteiger charge is -2.34. The maximum Gasteiger partial charge on any atom is 0.409 e. The van der Waals surface area contributed by atoms with Crippen molar-refractivity contribution in [2.45, 2.75) is 63.0 Å². The van der Waals surface area contributed by atoms with Gasteiger partial charge in [0.2, 0.25) is 0 Å². The van der Waals surface area contributed by atoms with Crippen LogP contribution in [0.1, 0.15) is 56.6 Å². The van der Waals surface area contributed by atoms with Crippen molar-refractivity contribution < 1.29 is 19.4 Å². The summed E-state index contributed by atoms with van der Waals surface area (Å²) in [5, 5.41) is 13.0. The molecule has 1 atom stereocenters. The molecule has 0 spiro atoms. The number of carbonyl (C=O) groups is 1. The molecule has 0 radical (unpaired) electrons. The molecule has 4 rings (SSSR count). The number of benzene rings is 1. The van der Waals surface area contributed by atoms with Gasteiger partial charge in [-0.3, -0.25) is 0 Å². The number of nitrogens with one attached hydrogen (secondary N) is 1. The molecule has 1 amide bonds. The lowest BCUT2D eigenvalue weighted by Crippen LogP contribution is -2.38. The first kappa shape index (κ1) is 27.1. The molecular formula is C28H41N5O4. The first-order chi connectivity index (χ1) is 18.0. The Morgan fingerprint density at radius 2 is 1.92 bits per heavy atom. The summed E-state index contributed by atoms with van der Waals surface area (Å²) in [5.74, 6) is 2.54. The highest BCUT2D eigenvalue weighted by atomic mass is 16.5. The summed E-state index contributed by atoms with van der Waals surface area (Å²) in [5.41, 5.74) is 1.90. The lowest BCUT2D eigenvalue weighted by atomic mass is 9.92. The molecule has 1 saturated heterocycles. The van der Waals surface area contributed by atoms with E-state index in [0.29, 0.717) is 37.3 Å². The van der Waals surface area contributed by atoms with Crippen LogP contribution in [0.15, 0.2) is 30.3 Å². The topological polar surface area (TPSA) is 100 Å². The summed E-state index contributed by atoms with van der Waals surface area (Å²) in [4.78, 5) is 26.1. The van der Waals surface area contributed by atoms with Crippen molar-refractivity contribution in [2.75, 3.05) is 52.3 Å². The Morgan fingerprint density at radius 3 is 2.62 bits per heavy atom. The highest BCUT2D eigenvalue weighted by Crippen LogP contribution is 2.33. The first-order valence-corrected chi connectivity index (χ1v) is 13.5. The van der Waals surface area contributed by atoms with Crippen molar-refractivity contribution in [3.63, 3.8) is 0 Å². The summed E-state index contributed by atoms with van der Waals surface area (Å²) >= 11 is 0. The van der Waals surface area contributed by atoms with E-state index in [2.05, 4.69) is 23.3 Å². The van der Waals surface area contributed by atoms with Crippen LogP contribution in [0.4, 0.5) is 10.6 Å². The van der Waals surface area contributed by atoms with Crippen molar-refractivity contribution in [3.05, 3.63) is 36.0 Å². The van der Waals surface area contributed by atoms with Gasteiger partial charge in [0.15, 0.2) is 5.82 Å². The molecule has 9 nitrogen and oxygen atoms in total. The normalized spacial score (nSPS) is 17.9. The number of amides is 1.